The van der Waals surface area contributed by atoms with Gasteiger partial charge in [-0.05, 0) is 50.6 Å². The Labute approximate surface area is 121 Å². The van der Waals surface area contributed by atoms with Gasteiger partial charge in [0.05, 0.1) is 13.2 Å². The summed E-state index contributed by atoms with van der Waals surface area (Å²) in [4.78, 5) is 14.4. The van der Waals surface area contributed by atoms with Crippen LogP contribution < -0.4 is 10.1 Å². The van der Waals surface area contributed by atoms with E-state index < -0.39 is 0 Å². The lowest BCUT2D eigenvalue weighted by Crippen LogP contribution is -2.40. The fourth-order valence-electron chi connectivity index (χ4n) is 2.65. The molecule has 4 nitrogen and oxygen atoms in total. The van der Waals surface area contributed by atoms with Crippen LogP contribution in [0.15, 0.2) is 24.3 Å². The molecule has 1 aromatic carbocycles. The van der Waals surface area contributed by atoms with Crippen molar-refractivity contribution in [3.63, 3.8) is 0 Å². The van der Waals surface area contributed by atoms with Crippen LogP contribution in [0.4, 0.5) is 0 Å². The predicted octanol–water partition coefficient (Wildman–Crippen LogP) is 2.21. The molecule has 110 valence electrons. The third-order valence-electron chi connectivity index (χ3n) is 4.22. The minimum absolute atomic E-state index is 0.0864. The summed E-state index contributed by atoms with van der Waals surface area (Å²) < 4.78 is 5.16. The molecule has 1 N–H and O–H groups in total. The number of nitrogens with one attached hydrogen (secondary N) is 1. The molecule has 0 spiro atoms. The molecule has 1 saturated heterocycles. The van der Waals surface area contributed by atoms with Crippen LogP contribution in [0.2, 0.25) is 0 Å². The smallest absolute Gasteiger partial charge is 0.226 e. The van der Waals surface area contributed by atoms with Crippen molar-refractivity contribution in [2.45, 2.75) is 25.8 Å². The highest BCUT2D eigenvalue weighted by Gasteiger charge is 2.26. The molecule has 4 heteroatoms. The average Bonchev–Trinajstić information content (AvgIpc) is 2.53. The zero-order valence-corrected chi connectivity index (χ0v) is 12.6. The van der Waals surface area contributed by atoms with Crippen molar-refractivity contribution < 1.29 is 9.53 Å². The van der Waals surface area contributed by atoms with E-state index in [1.165, 1.54) is 0 Å². The minimum Gasteiger partial charge on any atom is -0.497 e. The largest absolute Gasteiger partial charge is 0.497 e. The summed E-state index contributed by atoms with van der Waals surface area (Å²) in [5.41, 5.74) is 1.13. The van der Waals surface area contributed by atoms with Crippen LogP contribution in [0.5, 0.6) is 5.75 Å². The number of ether oxygens (including phenoxy) is 1. The fraction of sp³-hybridized carbons (Fsp3) is 0.562. The molecule has 0 saturated carbocycles. The van der Waals surface area contributed by atoms with Crippen LogP contribution in [-0.4, -0.2) is 38.1 Å². The Morgan fingerprint density at radius 3 is 2.45 bits per heavy atom. The van der Waals surface area contributed by atoms with Crippen LogP contribution >= 0.6 is 0 Å². The third-order valence-corrected chi connectivity index (χ3v) is 4.22. The van der Waals surface area contributed by atoms with E-state index in [-0.39, 0.29) is 17.9 Å². The molecule has 1 unspecified atom stereocenters. The lowest BCUT2D eigenvalue weighted by molar-refractivity contribution is -0.137. The highest BCUT2D eigenvalue weighted by atomic mass is 16.5. The number of benzene rings is 1. The van der Waals surface area contributed by atoms with E-state index in [4.69, 9.17) is 4.74 Å². The molecule has 20 heavy (non-hydrogen) atoms. The van der Waals surface area contributed by atoms with Crippen molar-refractivity contribution in [1.29, 1.82) is 0 Å². The van der Waals surface area contributed by atoms with Gasteiger partial charge < -0.3 is 15.0 Å². The zero-order valence-electron chi connectivity index (χ0n) is 12.6. The van der Waals surface area contributed by atoms with Gasteiger partial charge in [0, 0.05) is 13.0 Å². The van der Waals surface area contributed by atoms with Crippen molar-refractivity contribution in [2.24, 2.45) is 5.92 Å². The predicted molar refractivity (Wildman–Crippen MR) is 79.8 cm³/mol. The van der Waals surface area contributed by atoms with E-state index in [1.54, 1.807) is 7.11 Å². The van der Waals surface area contributed by atoms with Gasteiger partial charge in [-0.25, -0.2) is 0 Å². The van der Waals surface area contributed by atoms with E-state index in [1.807, 2.05) is 36.2 Å². The maximum absolute atomic E-state index is 12.5. The molecule has 1 amide bonds. The number of carbonyl (C=O) groups is 1. The van der Waals surface area contributed by atoms with Gasteiger partial charge in [0.1, 0.15) is 5.75 Å². The standard InChI is InChI=1S/C16H24N2O2/c1-12(13-4-6-15(20-3)7-5-13)18(2)16(19)14-8-10-17-11-9-14/h4-7,12,14,17H,8-11H2,1-3H3. The Hall–Kier alpha value is -1.55. The fourth-order valence-corrected chi connectivity index (χ4v) is 2.65. The first-order chi connectivity index (χ1) is 9.63. The SMILES string of the molecule is COc1ccc(C(C)N(C)C(=O)C2CCNCC2)cc1. The molecule has 0 aromatic heterocycles. The van der Waals surface area contributed by atoms with Gasteiger partial charge in [0.25, 0.3) is 0 Å². The van der Waals surface area contributed by atoms with Crippen molar-refractivity contribution in [3.05, 3.63) is 29.8 Å². The summed E-state index contributed by atoms with van der Waals surface area (Å²) in [6.07, 6.45) is 1.89. The maximum Gasteiger partial charge on any atom is 0.226 e. The quantitative estimate of drug-likeness (QED) is 0.917. The van der Waals surface area contributed by atoms with Gasteiger partial charge in [-0.3, -0.25) is 4.79 Å². The number of hydrogen-bond acceptors (Lipinski definition) is 3. The number of nitrogens with zero attached hydrogens (tertiary/aromatic N) is 1. The normalized spacial score (nSPS) is 17.6. The number of rotatable bonds is 4. The van der Waals surface area contributed by atoms with Crippen LogP contribution in [-0.2, 0) is 4.79 Å². The van der Waals surface area contributed by atoms with Crippen LogP contribution in [0.25, 0.3) is 0 Å². The molecule has 1 aliphatic heterocycles. The first-order valence-electron chi connectivity index (χ1n) is 7.25. The van der Waals surface area contributed by atoms with Gasteiger partial charge in [0.2, 0.25) is 5.91 Å². The third kappa shape index (κ3) is 3.31. The Balaban J connectivity index is 2.02. The molecule has 1 atom stereocenters. The molecule has 1 aromatic rings. The second-order valence-corrected chi connectivity index (χ2v) is 5.42. The number of hydrogen-bond donors (Lipinski definition) is 1. The molecular formula is C16H24N2O2. The topological polar surface area (TPSA) is 41.6 Å². The van der Waals surface area contributed by atoms with Crippen LogP contribution in [0.1, 0.15) is 31.4 Å². The monoisotopic (exact) mass is 276 g/mol. The summed E-state index contributed by atoms with van der Waals surface area (Å²) in [6, 6.07) is 8.01. The zero-order chi connectivity index (χ0) is 14.5. The maximum atomic E-state index is 12.5. The number of amides is 1. The van der Waals surface area contributed by atoms with Crippen molar-refractivity contribution in [2.75, 3.05) is 27.2 Å². The molecular weight excluding hydrogens is 252 g/mol. The Morgan fingerprint density at radius 2 is 1.90 bits per heavy atom. The Morgan fingerprint density at radius 1 is 1.30 bits per heavy atom. The minimum atomic E-state index is 0.0864. The summed E-state index contributed by atoms with van der Waals surface area (Å²) in [7, 11) is 3.56. The Kier molecular flexibility index (Phi) is 5.01. The van der Waals surface area contributed by atoms with Gasteiger partial charge >= 0.3 is 0 Å². The Bertz CT molecular complexity index is 438. The number of piperidine rings is 1. The molecule has 1 aliphatic rings. The summed E-state index contributed by atoms with van der Waals surface area (Å²) in [5.74, 6) is 1.27. The molecule has 0 radical (unpaired) electrons. The van der Waals surface area contributed by atoms with Gasteiger partial charge in [0.15, 0.2) is 0 Å². The first-order valence-corrected chi connectivity index (χ1v) is 7.25. The second-order valence-electron chi connectivity index (χ2n) is 5.42. The molecule has 1 fully saturated rings. The lowest BCUT2D eigenvalue weighted by atomic mass is 9.95. The van der Waals surface area contributed by atoms with E-state index in [0.717, 1.165) is 37.2 Å². The second kappa shape index (κ2) is 6.75. The van der Waals surface area contributed by atoms with Crippen molar-refractivity contribution in [1.82, 2.24) is 10.2 Å². The molecule has 2 rings (SSSR count). The van der Waals surface area contributed by atoms with E-state index in [9.17, 15) is 4.79 Å². The summed E-state index contributed by atoms with van der Waals surface area (Å²) >= 11 is 0. The molecule has 0 aliphatic carbocycles. The number of methoxy groups -OCH3 is 1. The van der Waals surface area contributed by atoms with E-state index in [2.05, 4.69) is 12.2 Å². The average molecular weight is 276 g/mol. The van der Waals surface area contributed by atoms with E-state index in [0.29, 0.717) is 0 Å². The first kappa shape index (κ1) is 14.9. The molecule has 0 bridgehead atoms. The van der Waals surface area contributed by atoms with Crippen molar-refractivity contribution in [3.8, 4) is 5.75 Å². The van der Waals surface area contributed by atoms with Gasteiger partial charge in [-0.15, -0.1) is 0 Å². The van der Waals surface area contributed by atoms with E-state index >= 15 is 0 Å². The van der Waals surface area contributed by atoms with Crippen molar-refractivity contribution >= 4 is 5.91 Å². The number of carbonyl (C=O) groups excluding carboxylic acids is 1. The highest BCUT2D eigenvalue weighted by molar-refractivity contribution is 5.79. The molecule has 1 heterocycles. The van der Waals surface area contributed by atoms with Gasteiger partial charge in [-0.2, -0.15) is 0 Å². The highest BCUT2D eigenvalue weighted by Crippen LogP contribution is 2.24. The summed E-state index contributed by atoms with van der Waals surface area (Å²) in [6.45, 7) is 3.96. The van der Waals surface area contributed by atoms with Crippen LogP contribution in [0, 0.1) is 5.92 Å². The van der Waals surface area contributed by atoms with Gasteiger partial charge in [-0.1, -0.05) is 12.1 Å². The summed E-state index contributed by atoms with van der Waals surface area (Å²) in [5, 5.41) is 3.30. The van der Waals surface area contributed by atoms with Crippen LogP contribution in [0.3, 0.4) is 0 Å². The lowest BCUT2D eigenvalue weighted by Gasteiger charge is -2.31.